The number of benzene rings is 2. The van der Waals surface area contributed by atoms with Crippen LogP contribution in [0.5, 0.6) is 5.88 Å². The molecule has 5 aromatic rings. The molecular formula is C31H24BrF3N4O4. The molecule has 8 nitrogen and oxygen atoms in total. The molecule has 220 valence electrons. The third-order valence-electron chi connectivity index (χ3n) is 7.18. The van der Waals surface area contributed by atoms with Gasteiger partial charge in [0.15, 0.2) is 0 Å². The van der Waals surface area contributed by atoms with E-state index in [9.17, 15) is 9.18 Å². The van der Waals surface area contributed by atoms with Crippen LogP contribution in [0.25, 0.3) is 22.3 Å². The third kappa shape index (κ3) is 6.11. The van der Waals surface area contributed by atoms with Crippen LogP contribution in [0, 0.1) is 17.6 Å². The Morgan fingerprint density at radius 3 is 2.60 bits per heavy atom. The van der Waals surface area contributed by atoms with Crippen LogP contribution in [0.2, 0.25) is 0 Å². The first kappa shape index (κ1) is 28.8. The largest absolute Gasteiger partial charge is 0.473 e. The zero-order valence-electron chi connectivity index (χ0n) is 22.8. The monoisotopic (exact) mass is 652 g/mol. The fourth-order valence-corrected chi connectivity index (χ4v) is 5.11. The number of hydrogen-bond acceptors (Lipinski definition) is 7. The molecule has 1 aliphatic rings. The molecule has 1 saturated heterocycles. The minimum atomic E-state index is -0.688. The van der Waals surface area contributed by atoms with Gasteiger partial charge in [0.05, 0.1) is 42.0 Å². The highest BCUT2D eigenvalue weighted by Crippen LogP contribution is 2.29. The van der Waals surface area contributed by atoms with Crippen molar-refractivity contribution < 1.29 is 32.2 Å². The topological polar surface area (TPSA) is 88.4 Å². The van der Waals surface area contributed by atoms with Crippen molar-refractivity contribution in [2.45, 2.75) is 32.1 Å². The molecule has 2 aromatic carbocycles. The average Bonchev–Trinajstić information content (AvgIpc) is 3.31. The van der Waals surface area contributed by atoms with E-state index in [1.165, 1.54) is 25.3 Å². The second kappa shape index (κ2) is 12.1. The van der Waals surface area contributed by atoms with Crippen molar-refractivity contribution in [2.75, 3.05) is 13.7 Å². The number of methoxy groups -OCH3 is 1. The second-order valence-electron chi connectivity index (χ2n) is 9.95. The molecule has 6 rings (SSSR count). The van der Waals surface area contributed by atoms with Gasteiger partial charge in [-0.3, -0.25) is 0 Å². The van der Waals surface area contributed by atoms with E-state index < -0.39 is 23.6 Å². The summed E-state index contributed by atoms with van der Waals surface area (Å²) >= 11 is 3.10. The van der Waals surface area contributed by atoms with Crippen LogP contribution < -0.4 is 4.74 Å². The Morgan fingerprint density at radius 1 is 1.02 bits per heavy atom. The number of nitrogens with zero attached hydrogens (tertiary/aromatic N) is 4. The first-order valence-electron chi connectivity index (χ1n) is 13.4. The minimum Gasteiger partial charge on any atom is -0.473 e. The highest BCUT2D eigenvalue weighted by Gasteiger charge is 2.24. The van der Waals surface area contributed by atoms with Crippen LogP contribution in [0.15, 0.2) is 65.3 Å². The normalized spacial score (nSPS) is 14.5. The highest BCUT2D eigenvalue weighted by molar-refractivity contribution is 9.10. The van der Waals surface area contributed by atoms with Crippen molar-refractivity contribution in [1.82, 2.24) is 19.5 Å². The van der Waals surface area contributed by atoms with Crippen LogP contribution in [0.3, 0.4) is 0 Å². The van der Waals surface area contributed by atoms with E-state index in [0.29, 0.717) is 40.2 Å². The van der Waals surface area contributed by atoms with Gasteiger partial charge in [0.25, 0.3) is 0 Å². The SMILES string of the molecule is COC(=O)c1ccc2nc(Cc3cc(F)c(-c4cccc(OCc5ccc(Br)nc5F)n4)cc3F)n(CC3CCO3)c2c1. The van der Waals surface area contributed by atoms with Gasteiger partial charge in [0.2, 0.25) is 11.8 Å². The van der Waals surface area contributed by atoms with Gasteiger partial charge < -0.3 is 18.8 Å². The lowest BCUT2D eigenvalue weighted by molar-refractivity contribution is -0.0589. The van der Waals surface area contributed by atoms with Crippen LogP contribution in [-0.2, 0) is 29.0 Å². The van der Waals surface area contributed by atoms with E-state index >= 15 is 8.78 Å². The summed E-state index contributed by atoms with van der Waals surface area (Å²) in [5.74, 6) is -1.88. The number of carbonyl (C=O) groups excluding carboxylic acids is 1. The number of esters is 1. The number of pyridine rings is 2. The highest BCUT2D eigenvalue weighted by atomic mass is 79.9. The summed E-state index contributed by atoms with van der Waals surface area (Å²) in [5, 5.41) is 0. The Labute approximate surface area is 252 Å². The lowest BCUT2D eigenvalue weighted by Gasteiger charge is -2.27. The van der Waals surface area contributed by atoms with E-state index in [1.54, 1.807) is 30.3 Å². The molecule has 12 heteroatoms. The van der Waals surface area contributed by atoms with Gasteiger partial charge >= 0.3 is 5.97 Å². The first-order valence-corrected chi connectivity index (χ1v) is 14.2. The van der Waals surface area contributed by atoms with Crippen LogP contribution in [-0.4, -0.2) is 45.3 Å². The molecule has 0 spiro atoms. The molecule has 43 heavy (non-hydrogen) atoms. The maximum Gasteiger partial charge on any atom is 0.337 e. The zero-order chi connectivity index (χ0) is 30.1. The van der Waals surface area contributed by atoms with Crippen molar-refractivity contribution in [3.63, 3.8) is 0 Å². The van der Waals surface area contributed by atoms with Gasteiger partial charge in [-0.1, -0.05) is 6.07 Å². The van der Waals surface area contributed by atoms with Crippen molar-refractivity contribution in [2.24, 2.45) is 0 Å². The Balaban J connectivity index is 1.27. The van der Waals surface area contributed by atoms with E-state index in [-0.39, 0.29) is 47.4 Å². The number of hydrogen-bond donors (Lipinski definition) is 0. The molecule has 0 amide bonds. The predicted octanol–water partition coefficient (Wildman–Crippen LogP) is 6.42. The molecule has 1 unspecified atom stereocenters. The number of ether oxygens (including phenoxy) is 3. The maximum absolute atomic E-state index is 15.5. The summed E-state index contributed by atoms with van der Waals surface area (Å²) in [6.45, 7) is 0.960. The molecule has 0 N–H and O–H groups in total. The van der Waals surface area contributed by atoms with E-state index in [4.69, 9.17) is 14.2 Å². The van der Waals surface area contributed by atoms with Crippen LogP contribution >= 0.6 is 15.9 Å². The van der Waals surface area contributed by atoms with Gasteiger partial charge in [-0.05, 0) is 76.4 Å². The summed E-state index contributed by atoms with van der Waals surface area (Å²) in [6.07, 6.45) is 0.818. The number of aromatic nitrogens is 4. The minimum absolute atomic E-state index is 0.00135. The smallest absolute Gasteiger partial charge is 0.337 e. The number of rotatable bonds is 9. The average molecular weight is 653 g/mol. The summed E-state index contributed by atoms with van der Waals surface area (Å²) in [4.78, 5) is 24.8. The lowest BCUT2D eigenvalue weighted by atomic mass is 10.0. The summed E-state index contributed by atoms with van der Waals surface area (Å²) in [7, 11) is 1.31. The Bertz CT molecular complexity index is 1840. The van der Waals surface area contributed by atoms with Crippen molar-refractivity contribution >= 4 is 32.9 Å². The maximum atomic E-state index is 15.5. The van der Waals surface area contributed by atoms with E-state index in [1.807, 2.05) is 4.57 Å². The number of imidazole rings is 1. The fraction of sp³-hybridized carbons (Fsp3) is 0.226. The molecule has 0 radical (unpaired) electrons. The molecule has 1 aliphatic heterocycles. The molecule has 3 aromatic heterocycles. The fourth-order valence-electron chi connectivity index (χ4n) is 4.82. The Morgan fingerprint density at radius 2 is 1.86 bits per heavy atom. The summed E-state index contributed by atoms with van der Waals surface area (Å²) < 4.78 is 63.3. The van der Waals surface area contributed by atoms with Gasteiger partial charge in [-0.25, -0.2) is 28.5 Å². The van der Waals surface area contributed by atoms with Gasteiger partial charge in [-0.15, -0.1) is 0 Å². The van der Waals surface area contributed by atoms with E-state index in [0.717, 1.165) is 18.6 Å². The Kier molecular flexibility index (Phi) is 8.13. The standard InChI is InChI=1S/C31H24BrF3N4O4/c1-41-31(40)17-5-7-25-26(12-17)39(15-20-9-10-42-20)28(36-25)13-19-11-23(34)21(14-22(19)33)24-3-2-4-29(37-24)43-16-18-6-8-27(32)38-30(18)35/h2-8,11-12,14,20H,9-10,13,15-16H2,1H3. The number of carbonyl (C=O) groups is 1. The number of fused-ring (bicyclic) bond motifs is 1. The van der Waals surface area contributed by atoms with Gasteiger partial charge in [0.1, 0.15) is 28.7 Å². The van der Waals surface area contributed by atoms with Crippen molar-refractivity contribution in [3.8, 4) is 17.1 Å². The third-order valence-corrected chi connectivity index (χ3v) is 7.62. The van der Waals surface area contributed by atoms with Gasteiger partial charge in [-0.2, -0.15) is 4.39 Å². The molecule has 0 bridgehead atoms. The molecule has 0 saturated carbocycles. The lowest BCUT2D eigenvalue weighted by Crippen LogP contribution is -2.31. The molecule has 1 fully saturated rings. The molecule has 4 heterocycles. The quantitative estimate of drug-likeness (QED) is 0.134. The second-order valence-corrected chi connectivity index (χ2v) is 10.8. The summed E-state index contributed by atoms with van der Waals surface area (Å²) in [5.41, 5.74) is 2.06. The van der Waals surface area contributed by atoms with Crippen LogP contribution in [0.4, 0.5) is 13.2 Å². The van der Waals surface area contributed by atoms with Crippen molar-refractivity contribution in [3.05, 3.63) is 105 Å². The predicted molar refractivity (Wildman–Crippen MR) is 154 cm³/mol. The summed E-state index contributed by atoms with van der Waals surface area (Å²) in [6, 6.07) is 15.0. The first-order chi connectivity index (χ1) is 20.8. The van der Waals surface area contributed by atoms with Crippen LogP contribution in [0.1, 0.15) is 33.7 Å². The Hall–Kier alpha value is -4.29. The van der Waals surface area contributed by atoms with Gasteiger partial charge in [0, 0.05) is 30.2 Å². The number of halogens is 4. The molecule has 0 aliphatic carbocycles. The molecule has 1 atom stereocenters. The van der Waals surface area contributed by atoms with E-state index in [2.05, 4.69) is 30.9 Å². The molecular weight excluding hydrogens is 629 g/mol. The van der Waals surface area contributed by atoms with Crippen molar-refractivity contribution in [1.29, 1.82) is 0 Å². The zero-order valence-corrected chi connectivity index (χ0v) is 24.4.